The van der Waals surface area contributed by atoms with Crippen LogP contribution in [0.5, 0.6) is 0 Å². The molecule has 0 aromatic carbocycles. The second-order valence-corrected chi connectivity index (χ2v) is 7.50. The highest BCUT2D eigenvalue weighted by molar-refractivity contribution is 8.12. The Morgan fingerprint density at radius 2 is 1.90 bits per heavy atom. The molecule has 0 heterocycles. The van der Waals surface area contributed by atoms with Gasteiger partial charge in [0.05, 0.1) is 12.9 Å². The second kappa shape index (κ2) is 5.54. The molecule has 0 aliphatic heterocycles. The summed E-state index contributed by atoms with van der Waals surface area (Å²) >= 11 is 10.8. The lowest BCUT2D eigenvalue weighted by molar-refractivity contribution is 0.380. The van der Waals surface area contributed by atoms with Crippen LogP contribution in [0, 0.1) is 0 Å². The molecule has 0 spiro atoms. The van der Waals surface area contributed by atoms with Crippen molar-refractivity contribution < 1.29 is 4.52 Å². The maximum atomic E-state index is 5.47. The minimum atomic E-state index is -1.45. The first-order valence-corrected chi connectivity index (χ1v) is 7.09. The second-order valence-electron chi connectivity index (χ2n) is 1.97. The van der Waals surface area contributed by atoms with E-state index in [2.05, 4.69) is 13.8 Å². The first kappa shape index (κ1) is 10.9. The van der Waals surface area contributed by atoms with Gasteiger partial charge >= 0.3 is 0 Å². The predicted molar refractivity (Wildman–Crippen MR) is 52.0 cm³/mol. The predicted octanol–water partition coefficient (Wildman–Crippen LogP) is 2.68. The summed E-state index contributed by atoms with van der Waals surface area (Å²) in [5.41, 5.74) is 0. The van der Waals surface area contributed by atoms with E-state index in [1.807, 2.05) is 0 Å². The van der Waals surface area contributed by atoms with Gasteiger partial charge in [0, 0.05) is 5.88 Å². The molecule has 0 aromatic heterocycles. The molecule has 4 heteroatoms. The number of alkyl halides is 1. The van der Waals surface area contributed by atoms with Crippen LogP contribution in [-0.4, -0.2) is 24.8 Å². The van der Waals surface area contributed by atoms with Gasteiger partial charge in [0.15, 0.2) is 0 Å². The summed E-state index contributed by atoms with van der Waals surface area (Å²) in [6.07, 6.45) is 0.515. The monoisotopic (exact) mass is 200 g/mol. The Balaban J connectivity index is 3.70. The quantitative estimate of drug-likeness (QED) is 0.499. The maximum absolute atomic E-state index is 5.47. The van der Waals surface area contributed by atoms with E-state index < -0.39 is 6.26 Å². The average molecular weight is 201 g/mol. The van der Waals surface area contributed by atoms with Crippen LogP contribution in [0.3, 0.4) is 0 Å². The summed E-state index contributed by atoms with van der Waals surface area (Å²) in [7, 11) is 0. The molecule has 0 amide bonds. The van der Waals surface area contributed by atoms with Crippen molar-refractivity contribution in [1.29, 1.82) is 0 Å². The summed E-state index contributed by atoms with van der Waals surface area (Å²) in [5.74, 6) is 0.554. The van der Waals surface area contributed by atoms with Gasteiger partial charge in [0.25, 0.3) is 0 Å². The van der Waals surface area contributed by atoms with Gasteiger partial charge in [0.2, 0.25) is 0 Å². The molecule has 1 nitrogen and oxygen atoms in total. The third kappa shape index (κ3) is 3.92. The van der Waals surface area contributed by atoms with E-state index in [0.29, 0.717) is 12.5 Å². The minimum Gasteiger partial charge on any atom is -0.349 e. The van der Waals surface area contributed by atoms with Gasteiger partial charge in [-0.25, -0.2) is 0 Å². The molecule has 0 atom stereocenters. The highest BCUT2D eigenvalue weighted by atomic mass is 35.5. The SMILES string of the molecule is CCP(=S)(CC)OCCCl. The van der Waals surface area contributed by atoms with Crippen molar-refractivity contribution in [3.05, 3.63) is 0 Å². The van der Waals surface area contributed by atoms with Crippen LogP contribution in [0.15, 0.2) is 0 Å². The van der Waals surface area contributed by atoms with E-state index in [9.17, 15) is 0 Å². The van der Waals surface area contributed by atoms with Gasteiger partial charge in [-0.15, -0.1) is 11.6 Å². The summed E-state index contributed by atoms with van der Waals surface area (Å²) in [6, 6.07) is 0. The van der Waals surface area contributed by atoms with Crippen LogP contribution in [0.1, 0.15) is 13.8 Å². The first-order valence-electron chi connectivity index (χ1n) is 3.47. The molecule has 0 saturated carbocycles. The zero-order valence-corrected chi connectivity index (χ0v) is 8.94. The molecule has 0 aliphatic carbocycles. The fraction of sp³-hybridized carbons (Fsp3) is 1.00. The summed E-state index contributed by atoms with van der Waals surface area (Å²) < 4.78 is 5.47. The zero-order chi connectivity index (χ0) is 8.04. The minimum absolute atomic E-state index is 0.554. The largest absolute Gasteiger partial charge is 0.349 e. The fourth-order valence-corrected chi connectivity index (χ4v) is 2.25. The number of hydrogen-bond donors (Lipinski definition) is 0. The molecule has 0 N–H and O–H groups in total. The van der Waals surface area contributed by atoms with Crippen LogP contribution < -0.4 is 0 Å². The van der Waals surface area contributed by atoms with Crippen LogP contribution >= 0.6 is 17.9 Å². The number of hydrogen-bond acceptors (Lipinski definition) is 2. The lowest BCUT2D eigenvalue weighted by atomic mass is 10.9. The standard InChI is InChI=1S/C6H14ClOPS/c1-3-9(10,4-2)8-6-5-7/h3-6H2,1-2H3. The summed E-state index contributed by atoms with van der Waals surface area (Å²) in [6.45, 7) is 4.78. The van der Waals surface area contributed by atoms with Crippen molar-refractivity contribution >= 4 is 29.7 Å². The van der Waals surface area contributed by atoms with E-state index in [1.165, 1.54) is 0 Å². The lowest BCUT2D eigenvalue weighted by Crippen LogP contribution is -1.97. The smallest absolute Gasteiger partial charge is 0.0669 e. The van der Waals surface area contributed by atoms with Crippen molar-refractivity contribution in [3.63, 3.8) is 0 Å². The third-order valence-electron chi connectivity index (χ3n) is 1.37. The highest BCUT2D eigenvalue weighted by Gasteiger charge is 2.10. The van der Waals surface area contributed by atoms with Gasteiger partial charge < -0.3 is 4.52 Å². The Kier molecular flexibility index (Phi) is 6.04. The normalized spacial score (nSPS) is 11.9. The van der Waals surface area contributed by atoms with Crippen molar-refractivity contribution in [1.82, 2.24) is 0 Å². The van der Waals surface area contributed by atoms with E-state index in [1.54, 1.807) is 0 Å². The Morgan fingerprint density at radius 1 is 1.40 bits per heavy atom. The lowest BCUT2D eigenvalue weighted by Gasteiger charge is -2.17. The van der Waals surface area contributed by atoms with Crippen LogP contribution in [0.2, 0.25) is 0 Å². The van der Waals surface area contributed by atoms with Gasteiger partial charge in [0.1, 0.15) is 0 Å². The fourth-order valence-electron chi connectivity index (χ4n) is 0.607. The molecular weight excluding hydrogens is 187 g/mol. The van der Waals surface area contributed by atoms with Gasteiger partial charge in [-0.05, 0) is 12.3 Å². The number of halogens is 1. The molecule has 0 bridgehead atoms. The van der Waals surface area contributed by atoms with Gasteiger partial charge in [-0.3, -0.25) is 0 Å². The molecule has 62 valence electrons. The van der Waals surface area contributed by atoms with Crippen LogP contribution in [-0.2, 0) is 16.3 Å². The number of rotatable bonds is 5. The Morgan fingerprint density at radius 3 is 2.20 bits per heavy atom. The van der Waals surface area contributed by atoms with Crippen molar-refractivity contribution in [2.45, 2.75) is 13.8 Å². The maximum Gasteiger partial charge on any atom is 0.0669 e. The van der Waals surface area contributed by atoms with E-state index in [0.717, 1.165) is 12.3 Å². The Bertz CT molecular complexity index is 121. The van der Waals surface area contributed by atoms with E-state index in [-0.39, 0.29) is 0 Å². The van der Waals surface area contributed by atoms with Crippen LogP contribution in [0.4, 0.5) is 0 Å². The molecule has 0 unspecified atom stereocenters. The Hall–Kier alpha value is 0.900. The van der Waals surface area contributed by atoms with E-state index in [4.69, 9.17) is 27.9 Å². The van der Waals surface area contributed by atoms with Gasteiger partial charge in [-0.2, -0.15) is 0 Å². The Labute approximate surface area is 73.2 Å². The molecule has 0 aromatic rings. The first-order chi connectivity index (χ1) is 4.68. The van der Waals surface area contributed by atoms with Crippen molar-refractivity contribution in [2.24, 2.45) is 0 Å². The summed E-state index contributed by atoms with van der Waals surface area (Å²) in [4.78, 5) is 0. The molecule has 0 radical (unpaired) electrons. The van der Waals surface area contributed by atoms with Crippen LogP contribution in [0.25, 0.3) is 0 Å². The highest BCUT2D eigenvalue weighted by Crippen LogP contribution is 2.45. The topological polar surface area (TPSA) is 9.23 Å². The summed E-state index contributed by atoms with van der Waals surface area (Å²) in [5, 5.41) is 0. The molecule has 0 fully saturated rings. The molecule has 0 aliphatic rings. The molecule has 0 saturated heterocycles. The molecular formula is C6H14ClOPS. The third-order valence-corrected chi connectivity index (χ3v) is 5.97. The average Bonchev–Trinajstić information content (AvgIpc) is 2.00. The van der Waals surface area contributed by atoms with Crippen molar-refractivity contribution in [2.75, 3.05) is 24.8 Å². The van der Waals surface area contributed by atoms with Crippen molar-refractivity contribution in [3.8, 4) is 0 Å². The molecule has 10 heavy (non-hydrogen) atoms. The molecule has 0 rings (SSSR count). The zero-order valence-electron chi connectivity index (χ0n) is 6.47. The van der Waals surface area contributed by atoms with E-state index >= 15 is 0 Å². The van der Waals surface area contributed by atoms with Gasteiger partial charge in [-0.1, -0.05) is 25.7 Å².